The summed E-state index contributed by atoms with van der Waals surface area (Å²) in [5.41, 5.74) is 0.587. The summed E-state index contributed by atoms with van der Waals surface area (Å²) in [7, 11) is -2.38. The predicted molar refractivity (Wildman–Crippen MR) is 95.7 cm³/mol. The largest absolute Gasteiger partial charge is 0.497 e. The highest BCUT2D eigenvalue weighted by molar-refractivity contribution is 7.89. The Morgan fingerprint density at radius 2 is 1.77 bits per heavy atom. The van der Waals surface area contributed by atoms with Crippen molar-refractivity contribution in [2.45, 2.75) is 30.8 Å². The number of nitrogens with one attached hydrogen (secondary N) is 2. The van der Waals surface area contributed by atoms with Gasteiger partial charge in [-0.15, -0.1) is 0 Å². The van der Waals surface area contributed by atoms with Gasteiger partial charge >= 0.3 is 0 Å². The lowest BCUT2D eigenvalue weighted by molar-refractivity contribution is -0.123. The maximum atomic E-state index is 13.3. The molecule has 2 aromatic rings. The van der Waals surface area contributed by atoms with E-state index in [4.69, 9.17) is 4.74 Å². The van der Waals surface area contributed by atoms with Crippen molar-refractivity contribution in [3.63, 3.8) is 0 Å². The van der Waals surface area contributed by atoms with Gasteiger partial charge in [-0.3, -0.25) is 4.79 Å². The number of halogens is 1. The molecule has 0 aliphatic heterocycles. The van der Waals surface area contributed by atoms with Crippen LogP contribution in [-0.2, 0) is 14.8 Å². The van der Waals surface area contributed by atoms with Crippen LogP contribution in [0.2, 0.25) is 0 Å². The molecule has 0 radical (unpaired) electrons. The molecule has 0 spiro atoms. The van der Waals surface area contributed by atoms with Crippen molar-refractivity contribution in [2.75, 3.05) is 7.11 Å². The van der Waals surface area contributed by atoms with Gasteiger partial charge in [0.1, 0.15) is 11.6 Å². The maximum absolute atomic E-state index is 13.3. The number of amides is 1. The Bertz CT molecular complexity index is 869. The van der Waals surface area contributed by atoms with Crippen LogP contribution in [0.4, 0.5) is 4.39 Å². The van der Waals surface area contributed by atoms with Crippen molar-refractivity contribution in [2.24, 2.45) is 0 Å². The van der Waals surface area contributed by atoms with Crippen molar-refractivity contribution in [3.8, 4) is 5.75 Å². The summed E-state index contributed by atoms with van der Waals surface area (Å²) in [6.07, 6.45) is 0. The quantitative estimate of drug-likeness (QED) is 0.772. The van der Waals surface area contributed by atoms with Crippen LogP contribution in [-0.4, -0.2) is 27.5 Å². The molecule has 26 heavy (non-hydrogen) atoms. The Hall–Kier alpha value is -2.45. The van der Waals surface area contributed by atoms with Gasteiger partial charge in [0, 0.05) is 0 Å². The van der Waals surface area contributed by atoms with E-state index < -0.39 is 33.8 Å². The molecule has 0 fully saturated rings. The van der Waals surface area contributed by atoms with Crippen molar-refractivity contribution in [1.82, 2.24) is 10.0 Å². The lowest BCUT2D eigenvalue weighted by Gasteiger charge is -2.19. The molecular formula is C18H21FN2O4S. The van der Waals surface area contributed by atoms with Crippen molar-refractivity contribution in [1.29, 1.82) is 0 Å². The van der Waals surface area contributed by atoms with Gasteiger partial charge in [0.15, 0.2) is 0 Å². The van der Waals surface area contributed by atoms with E-state index in [1.807, 2.05) is 0 Å². The summed E-state index contributed by atoms with van der Waals surface area (Å²) in [5, 5.41) is 2.66. The minimum atomic E-state index is -3.86. The number of hydrogen-bond acceptors (Lipinski definition) is 4. The van der Waals surface area contributed by atoms with E-state index in [0.29, 0.717) is 11.3 Å². The topological polar surface area (TPSA) is 84.5 Å². The van der Waals surface area contributed by atoms with Gasteiger partial charge in [0.2, 0.25) is 15.9 Å². The molecule has 2 rings (SSSR count). The van der Waals surface area contributed by atoms with Crippen molar-refractivity contribution < 1.29 is 22.3 Å². The lowest BCUT2D eigenvalue weighted by Crippen LogP contribution is -2.45. The Balaban J connectivity index is 2.03. The van der Waals surface area contributed by atoms with E-state index in [1.165, 1.54) is 50.4 Å². The number of carbonyl (C=O) groups excluding carboxylic acids is 1. The highest BCUT2D eigenvalue weighted by Gasteiger charge is 2.23. The first-order valence-corrected chi connectivity index (χ1v) is 9.43. The smallest absolute Gasteiger partial charge is 0.241 e. The Labute approximate surface area is 152 Å². The molecule has 0 aromatic heterocycles. The molecule has 0 bridgehead atoms. The van der Waals surface area contributed by atoms with Crippen molar-refractivity contribution >= 4 is 15.9 Å². The molecule has 0 saturated heterocycles. The molecule has 1 amide bonds. The summed E-state index contributed by atoms with van der Waals surface area (Å²) in [6.45, 7) is 3.13. The molecule has 0 aliphatic rings. The Kier molecular flexibility index (Phi) is 6.33. The maximum Gasteiger partial charge on any atom is 0.241 e. The van der Waals surface area contributed by atoms with Crippen LogP contribution in [0.3, 0.4) is 0 Å². The van der Waals surface area contributed by atoms with E-state index in [1.54, 1.807) is 19.1 Å². The molecule has 140 valence electrons. The minimum Gasteiger partial charge on any atom is -0.497 e. The molecule has 0 saturated carbocycles. The van der Waals surface area contributed by atoms with E-state index in [0.717, 1.165) is 0 Å². The molecule has 0 heterocycles. The van der Waals surface area contributed by atoms with E-state index in [2.05, 4.69) is 10.0 Å². The van der Waals surface area contributed by atoms with Crippen LogP contribution in [0.25, 0.3) is 0 Å². The molecule has 0 aliphatic carbocycles. The van der Waals surface area contributed by atoms with Gasteiger partial charge in [-0.2, -0.15) is 4.72 Å². The second-order valence-corrected chi connectivity index (χ2v) is 7.52. The number of benzene rings is 2. The van der Waals surface area contributed by atoms with E-state index in [9.17, 15) is 17.6 Å². The first kappa shape index (κ1) is 19.9. The second kappa shape index (κ2) is 8.29. The standard InChI is InChI=1S/C18H21FN2O4S/c1-12(14-5-4-6-15(19)11-14)20-18(22)13(2)21-26(23,24)17-9-7-16(25-3)8-10-17/h4-13,21H,1-3H3,(H,20,22)/t12?,13-/m0/s1. The monoisotopic (exact) mass is 380 g/mol. The van der Waals surface area contributed by atoms with E-state index in [-0.39, 0.29) is 4.90 Å². The molecule has 6 nitrogen and oxygen atoms in total. The summed E-state index contributed by atoms with van der Waals surface area (Å²) < 4.78 is 45.3. The first-order valence-electron chi connectivity index (χ1n) is 7.95. The van der Waals surface area contributed by atoms with Crippen LogP contribution in [0.15, 0.2) is 53.4 Å². The average Bonchev–Trinajstić information content (AvgIpc) is 2.61. The highest BCUT2D eigenvalue weighted by atomic mass is 32.2. The number of carbonyl (C=O) groups is 1. The Morgan fingerprint density at radius 3 is 2.35 bits per heavy atom. The van der Waals surface area contributed by atoms with Crippen LogP contribution < -0.4 is 14.8 Å². The summed E-state index contributed by atoms with van der Waals surface area (Å²) in [5.74, 6) is -0.394. The zero-order valence-corrected chi connectivity index (χ0v) is 15.5. The fourth-order valence-electron chi connectivity index (χ4n) is 2.31. The number of rotatable bonds is 7. The average molecular weight is 380 g/mol. The minimum absolute atomic E-state index is 0.0242. The zero-order valence-electron chi connectivity index (χ0n) is 14.7. The van der Waals surface area contributed by atoms with Gasteiger partial charge in [-0.25, -0.2) is 12.8 Å². The van der Waals surface area contributed by atoms with Crippen LogP contribution in [0.5, 0.6) is 5.75 Å². The van der Waals surface area contributed by atoms with Crippen molar-refractivity contribution in [3.05, 3.63) is 59.9 Å². The third-order valence-electron chi connectivity index (χ3n) is 3.80. The molecule has 1 unspecified atom stereocenters. The Morgan fingerprint density at radius 1 is 1.12 bits per heavy atom. The number of hydrogen-bond donors (Lipinski definition) is 2. The molecular weight excluding hydrogens is 359 g/mol. The predicted octanol–water partition coefficient (Wildman–Crippen LogP) is 2.38. The fraction of sp³-hybridized carbons (Fsp3) is 0.278. The highest BCUT2D eigenvalue weighted by Crippen LogP contribution is 2.16. The molecule has 2 N–H and O–H groups in total. The SMILES string of the molecule is COc1ccc(S(=O)(=O)N[C@@H](C)C(=O)NC(C)c2cccc(F)c2)cc1. The second-order valence-electron chi connectivity index (χ2n) is 5.80. The molecule has 2 aromatic carbocycles. The van der Waals surface area contributed by atoms with Gasteiger partial charge in [-0.05, 0) is 55.8 Å². The fourth-order valence-corrected chi connectivity index (χ4v) is 3.51. The summed E-state index contributed by atoms with van der Waals surface area (Å²) in [6, 6.07) is 10.2. The molecule has 2 atom stereocenters. The van der Waals surface area contributed by atoms with Crippen LogP contribution in [0, 0.1) is 5.82 Å². The number of ether oxygens (including phenoxy) is 1. The van der Waals surface area contributed by atoms with E-state index >= 15 is 0 Å². The molecule has 8 heteroatoms. The third-order valence-corrected chi connectivity index (χ3v) is 5.36. The zero-order chi connectivity index (χ0) is 19.3. The van der Waals surface area contributed by atoms with Crippen LogP contribution >= 0.6 is 0 Å². The van der Waals surface area contributed by atoms with Gasteiger partial charge in [0.05, 0.1) is 24.1 Å². The number of sulfonamides is 1. The summed E-state index contributed by atoms with van der Waals surface area (Å²) in [4.78, 5) is 12.3. The first-order chi connectivity index (χ1) is 12.2. The lowest BCUT2D eigenvalue weighted by atomic mass is 10.1. The summed E-state index contributed by atoms with van der Waals surface area (Å²) >= 11 is 0. The van der Waals surface area contributed by atoms with Gasteiger partial charge < -0.3 is 10.1 Å². The normalized spacial score (nSPS) is 13.7. The van der Waals surface area contributed by atoms with Crippen LogP contribution in [0.1, 0.15) is 25.5 Å². The third kappa shape index (κ3) is 5.03. The van der Waals surface area contributed by atoms with Gasteiger partial charge in [0.25, 0.3) is 0 Å². The van der Waals surface area contributed by atoms with Gasteiger partial charge in [-0.1, -0.05) is 12.1 Å². The number of methoxy groups -OCH3 is 1.